The van der Waals surface area contributed by atoms with E-state index in [2.05, 4.69) is 38.1 Å². The number of likely N-dealkylation sites (tertiary alicyclic amines) is 2. The van der Waals surface area contributed by atoms with Gasteiger partial charge in [0.15, 0.2) is 5.78 Å². The number of aromatic nitrogens is 2. The normalized spacial score (nSPS) is 20.2. The van der Waals surface area contributed by atoms with Crippen molar-refractivity contribution in [2.24, 2.45) is 5.92 Å². The largest absolute Gasteiger partial charge is 0.496 e. The molecule has 2 aliphatic heterocycles. The number of rotatable bonds is 7. The first-order valence-electron chi connectivity index (χ1n) is 11.1. The second kappa shape index (κ2) is 8.81. The fourth-order valence-corrected chi connectivity index (χ4v) is 5.01. The van der Waals surface area contributed by atoms with Crippen LogP contribution >= 0.6 is 0 Å². The Morgan fingerprint density at radius 3 is 2.88 bits per heavy atom. The summed E-state index contributed by atoms with van der Waals surface area (Å²) in [5.74, 6) is 4.85. The van der Waals surface area contributed by atoms with E-state index in [0.29, 0.717) is 36.5 Å². The minimum atomic E-state index is 0.185. The first-order valence-corrected chi connectivity index (χ1v) is 11.1. The predicted molar refractivity (Wildman–Crippen MR) is 129 cm³/mol. The highest BCUT2D eigenvalue weighted by atomic mass is 16.5. The Morgan fingerprint density at radius 1 is 1.24 bits per heavy atom. The fourth-order valence-electron chi connectivity index (χ4n) is 5.01. The van der Waals surface area contributed by atoms with Crippen LogP contribution in [0, 0.1) is 18.3 Å². The standard InChI is InChI=1S/C26H27N5O2/c1-4-17-6-5-7-20(8-17)29-26-22-10-18(25(33-3)11-23(22)27-16-28-26)9-21(32)14-31-13-19-12-30(2)24(19)15-31/h1,5-8,10-11,16,19,24H,9,12-15H2,2-3H3,(H,27,28,29). The lowest BCUT2D eigenvalue weighted by atomic mass is 9.93. The predicted octanol–water partition coefficient (Wildman–Crippen LogP) is 2.72. The summed E-state index contributed by atoms with van der Waals surface area (Å²) < 4.78 is 5.60. The van der Waals surface area contributed by atoms with Crippen molar-refractivity contribution in [2.75, 3.05) is 45.7 Å². The number of ketones is 1. The molecule has 7 heteroatoms. The number of hydrogen-bond acceptors (Lipinski definition) is 7. The van der Waals surface area contributed by atoms with Crippen LogP contribution in [-0.4, -0.2) is 71.9 Å². The van der Waals surface area contributed by atoms with Gasteiger partial charge in [0.25, 0.3) is 0 Å². The molecule has 3 heterocycles. The maximum atomic E-state index is 13.0. The molecule has 0 aliphatic carbocycles. The minimum Gasteiger partial charge on any atom is -0.496 e. The summed E-state index contributed by atoms with van der Waals surface area (Å²) in [6.07, 6.45) is 7.35. The number of nitrogens with zero attached hydrogens (tertiary/aromatic N) is 4. The van der Waals surface area contributed by atoms with Gasteiger partial charge in [0.05, 0.1) is 19.2 Å². The molecule has 1 aromatic heterocycles. The van der Waals surface area contributed by atoms with E-state index >= 15 is 0 Å². The van der Waals surface area contributed by atoms with Gasteiger partial charge in [-0.3, -0.25) is 9.69 Å². The molecule has 2 atom stereocenters. The molecule has 0 radical (unpaired) electrons. The minimum absolute atomic E-state index is 0.185. The van der Waals surface area contributed by atoms with E-state index in [9.17, 15) is 4.79 Å². The van der Waals surface area contributed by atoms with Crippen molar-refractivity contribution in [3.8, 4) is 18.1 Å². The summed E-state index contributed by atoms with van der Waals surface area (Å²) in [5.41, 5.74) is 3.21. The second-order valence-electron chi connectivity index (χ2n) is 8.93. The monoisotopic (exact) mass is 441 g/mol. The summed E-state index contributed by atoms with van der Waals surface area (Å²) in [7, 11) is 3.78. The van der Waals surface area contributed by atoms with Crippen molar-refractivity contribution in [2.45, 2.75) is 12.5 Å². The van der Waals surface area contributed by atoms with Crippen molar-refractivity contribution in [3.05, 3.63) is 53.9 Å². The molecule has 0 saturated carbocycles. The average molecular weight is 442 g/mol. The van der Waals surface area contributed by atoms with Crippen LogP contribution < -0.4 is 10.1 Å². The van der Waals surface area contributed by atoms with Crippen molar-refractivity contribution in [1.82, 2.24) is 19.8 Å². The molecule has 2 saturated heterocycles. The summed E-state index contributed by atoms with van der Waals surface area (Å²) in [6, 6.07) is 12.0. The Morgan fingerprint density at radius 2 is 2.12 bits per heavy atom. The second-order valence-corrected chi connectivity index (χ2v) is 8.93. The van der Waals surface area contributed by atoms with Crippen LogP contribution in [0.5, 0.6) is 5.75 Å². The number of ether oxygens (including phenoxy) is 1. The van der Waals surface area contributed by atoms with Crippen LogP contribution in [0.4, 0.5) is 11.5 Å². The van der Waals surface area contributed by atoms with E-state index in [1.54, 1.807) is 7.11 Å². The fraction of sp³-hybridized carbons (Fsp3) is 0.346. The number of nitrogens with one attached hydrogen (secondary N) is 1. The topological polar surface area (TPSA) is 70.6 Å². The van der Waals surface area contributed by atoms with Crippen LogP contribution in [0.2, 0.25) is 0 Å². The summed E-state index contributed by atoms with van der Waals surface area (Å²) in [6.45, 7) is 3.58. The number of hydrogen-bond donors (Lipinski definition) is 1. The molecular formula is C26H27N5O2. The zero-order chi connectivity index (χ0) is 22.9. The molecule has 33 heavy (non-hydrogen) atoms. The molecule has 0 spiro atoms. The number of likely N-dealkylation sites (N-methyl/N-ethyl adjacent to an activating group) is 1. The Hall–Kier alpha value is -3.47. The van der Waals surface area contributed by atoms with E-state index in [0.717, 1.165) is 47.4 Å². The molecule has 2 aliphatic rings. The van der Waals surface area contributed by atoms with Gasteiger partial charge in [-0.2, -0.15) is 0 Å². The molecule has 5 rings (SSSR count). The number of carbonyl (C=O) groups excluding carboxylic acids is 1. The first kappa shape index (κ1) is 21.4. The molecule has 2 aromatic carbocycles. The van der Waals surface area contributed by atoms with Crippen LogP contribution in [0.3, 0.4) is 0 Å². The van der Waals surface area contributed by atoms with Gasteiger partial charge in [-0.1, -0.05) is 12.0 Å². The van der Waals surface area contributed by atoms with Gasteiger partial charge in [0.1, 0.15) is 17.9 Å². The third-order valence-electron chi connectivity index (χ3n) is 6.69. The molecule has 0 amide bonds. The first-order chi connectivity index (χ1) is 16.0. The van der Waals surface area contributed by atoms with Gasteiger partial charge in [0, 0.05) is 66.3 Å². The van der Waals surface area contributed by atoms with E-state index in [1.807, 2.05) is 36.4 Å². The Bertz CT molecular complexity index is 1250. The van der Waals surface area contributed by atoms with Crippen LogP contribution in [-0.2, 0) is 11.2 Å². The lowest BCUT2D eigenvalue weighted by Gasteiger charge is -2.40. The highest BCUT2D eigenvalue weighted by molar-refractivity contribution is 5.94. The number of methoxy groups -OCH3 is 1. The number of carbonyl (C=O) groups is 1. The van der Waals surface area contributed by atoms with Crippen LogP contribution in [0.1, 0.15) is 11.1 Å². The number of Topliss-reactive ketones (excluding diaryl/α,β-unsaturated/α-hetero) is 1. The molecular weight excluding hydrogens is 414 g/mol. The molecule has 3 aromatic rings. The quantitative estimate of drug-likeness (QED) is 0.566. The summed E-state index contributed by atoms with van der Waals surface area (Å²) in [5, 5.41) is 4.16. The molecule has 168 valence electrons. The average Bonchev–Trinajstić information content (AvgIpc) is 3.14. The summed E-state index contributed by atoms with van der Waals surface area (Å²) >= 11 is 0. The van der Waals surface area contributed by atoms with Gasteiger partial charge in [-0.25, -0.2) is 9.97 Å². The maximum absolute atomic E-state index is 13.0. The van der Waals surface area contributed by atoms with Crippen molar-refractivity contribution < 1.29 is 9.53 Å². The van der Waals surface area contributed by atoms with E-state index in [4.69, 9.17) is 11.2 Å². The van der Waals surface area contributed by atoms with Crippen molar-refractivity contribution in [1.29, 1.82) is 0 Å². The number of anilines is 2. The Balaban J connectivity index is 1.38. The van der Waals surface area contributed by atoms with Gasteiger partial charge in [0.2, 0.25) is 0 Å². The van der Waals surface area contributed by atoms with Gasteiger partial charge in [-0.15, -0.1) is 6.42 Å². The molecule has 2 fully saturated rings. The lowest BCUT2D eigenvalue weighted by Crippen LogP contribution is -2.52. The van der Waals surface area contributed by atoms with Crippen molar-refractivity contribution in [3.63, 3.8) is 0 Å². The van der Waals surface area contributed by atoms with Gasteiger partial charge < -0.3 is 15.0 Å². The lowest BCUT2D eigenvalue weighted by molar-refractivity contribution is -0.119. The summed E-state index contributed by atoms with van der Waals surface area (Å²) in [4.78, 5) is 26.4. The SMILES string of the molecule is C#Cc1cccc(Nc2ncnc3cc(OC)c(CC(=O)CN4CC5CN(C)C5C4)cc23)c1. The van der Waals surface area contributed by atoms with Crippen LogP contribution in [0.25, 0.3) is 10.9 Å². The maximum Gasteiger partial charge on any atom is 0.151 e. The highest BCUT2D eigenvalue weighted by Crippen LogP contribution is 2.32. The van der Waals surface area contributed by atoms with Gasteiger partial charge in [-0.05, 0) is 31.3 Å². The Kier molecular flexibility index (Phi) is 5.71. The third kappa shape index (κ3) is 4.28. The molecule has 7 nitrogen and oxygen atoms in total. The zero-order valence-electron chi connectivity index (χ0n) is 18.9. The number of fused-ring (bicyclic) bond motifs is 2. The van der Waals surface area contributed by atoms with E-state index in [-0.39, 0.29) is 5.78 Å². The number of terminal acetylenes is 1. The van der Waals surface area contributed by atoms with E-state index in [1.165, 1.54) is 6.33 Å². The molecule has 2 unspecified atom stereocenters. The van der Waals surface area contributed by atoms with Crippen LogP contribution in [0.15, 0.2) is 42.7 Å². The van der Waals surface area contributed by atoms with Gasteiger partial charge >= 0.3 is 0 Å². The zero-order valence-corrected chi connectivity index (χ0v) is 18.9. The van der Waals surface area contributed by atoms with E-state index < -0.39 is 0 Å². The molecule has 1 N–H and O–H groups in total. The molecule has 0 bridgehead atoms. The smallest absolute Gasteiger partial charge is 0.151 e. The number of benzene rings is 2. The third-order valence-corrected chi connectivity index (χ3v) is 6.69. The van der Waals surface area contributed by atoms with Crippen molar-refractivity contribution >= 4 is 28.2 Å². The Labute approximate surface area is 193 Å². The highest BCUT2D eigenvalue weighted by Gasteiger charge is 2.43.